The second-order valence-electron chi connectivity index (χ2n) is 8.67. The summed E-state index contributed by atoms with van der Waals surface area (Å²) in [5.41, 5.74) is 4.02. The summed E-state index contributed by atoms with van der Waals surface area (Å²) in [6.45, 7) is 1.16. The van der Waals surface area contributed by atoms with Crippen molar-refractivity contribution in [2.75, 3.05) is 16.8 Å². The Morgan fingerprint density at radius 1 is 0.811 bits per heavy atom. The van der Waals surface area contributed by atoms with E-state index in [1.807, 2.05) is 103 Å². The third kappa shape index (κ3) is 4.54. The Morgan fingerprint density at radius 3 is 2.41 bits per heavy atom. The molecule has 182 valence electrons. The maximum Gasteiger partial charge on any atom is 0.262 e. The van der Waals surface area contributed by atoms with Gasteiger partial charge in [-0.3, -0.25) is 14.7 Å². The molecule has 1 N–H and O–H groups in total. The molecule has 1 aliphatic rings. The maximum atomic E-state index is 13.6. The number of pyridine rings is 1. The van der Waals surface area contributed by atoms with E-state index in [2.05, 4.69) is 19.9 Å². The molecule has 0 spiro atoms. The minimum absolute atomic E-state index is 0.0766. The van der Waals surface area contributed by atoms with Crippen LogP contribution in [0.15, 0.2) is 116 Å². The molecule has 6 rings (SSSR count). The lowest BCUT2D eigenvalue weighted by molar-refractivity contribution is 0.0974. The number of carbonyl (C=O) groups excluding carboxylic acids is 1. The molecule has 0 bridgehead atoms. The largest absolute Gasteiger partial charge is 0.492 e. The fraction of sp³-hybridized carbons (Fsp3) is 0.100. The van der Waals surface area contributed by atoms with Gasteiger partial charge in [0.1, 0.15) is 18.2 Å². The van der Waals surface area contributed by atoms with Gasteiger partial charge < -0.3 is 14.6 Å². The molecule has 37 heavy (non-hydrogen) atoms. The Kier molecular flexibility index (Phi) is 6.09. The molecular weight excluding hydrogens is 462 g/mol. The summed E-state index contributed by atoms with van der Waals surface area (Å²) >= 11 is 0. The zero-order valence-electron chi connectivity index (χ0n) is 20.1. The van der Waals surface area contributed by atoms with E-state index in [4.69, 9.17) is 4.74 Å². The number of hydrogen-bond donors (Lipinski definition) is 1. The van der Waals surface area contributed by atoms with E-state index in [1.54, 1.807) is 17.3 Å². The lowest BCUT2D eigenvalue weighted by Crippen LogP contribution is -2.43. The van der Waals surface area contributed by atoms with Gasteiger partial charge in [-0.15, -0.1) is 0 Å². The number of benzene rings is 3. The van der Waals surface area contributed by atoms with E-state index in [-0.39, 0.29) is 5.91 Å². The third-order valence-electron chi connectivity index (χ3n) is 6.36. The van der Waals surface area contributed by atoms with Crippen molar-refractivity contribution in [1.29, 1.82) is 0 Å². The van der Waals surface area contributed by atoms with E-state index in [0.717, 1.165) is 34.2 Å². The van der Waals surface area contributed by atoms with Crippen molar-refractivity contribution in [3.63, 3.8) is 0 Å². The van der Waals surface area contributed by atoms with Crippen molar-refractivity contribution < 1.29 is 9.53 Å². The van der Waals surface area contributed by atoms with Crippen LogP contribution in [-0.2, 0) is 6.54 Å². The first-order valence-corrected chi connectivity index (χ1v) is 12.2. The van der Waals surface area contributed by atoms with Crippen molar-refractivity contribution in [1.82, 2.24) is 14.5 Å². The number of hydrogen-bond acceptors (Lipinski definition) is 5. The smallest absolute Gasteiger partial charge is 0.262 e. The number of nitrogens with zero attached hydrogens (tertiary/aromatic N) is 4. The topological polar surface area (TPSA) is 72.3 Å². The van der Waals surface area contributed by atoms with Crippen LogP contribution in [0.3, 0.4) is 0 Å². The molecule has 0 saturated heterocycles. The predicted molar refractivity (Wildman–Crippen MR) is 143 cm³/mol. The molecule has 3 aromatic carbocycles. The number of amides is 1. The Morgan fingerprint density at radius 2 is 1.59 bits per heavy atom. The molecule has 1 atom stereocenters. The summed E-state index contributed by atoms with van der Waals surface area (Å²) in [6.07, 6.45) is 5.07. The molecule has 3 heterocycles. The summed E-state index contributed by atoms with van der Waals surface area (Å²) in [4.78, 5) is 24.3. The van der Waals surface area contributed by atoms with Crippen LogP contribution in [0, 0.1) is 0 Å². The van der Waals surface area contributed by atoms with Gasteiger partial charge >= 0.3 is 0 Å². The highest BCUT2D eigenvalue weighted by atomic mass is 16.5. The SMILES string of the molecule is O=C1c2ccccc2NC(c2ccccn2)N1c1ccc(OCCn2ccnc2-c2ccccc2)cc1. The van der Waals surface area contributed by atoms with Crippen LogP contribution in [0.5, 0.6) is 5.75 Å². The molecule has 0 fully saturated rings. The number of anilines is 2. The number of fused-ring (bicyclic) bond motifs is 1. The second-order valence-corrected chi connectivity index (χ2v) is 8.67. The number of carbonyl (C=O) groups is 1. The number of nitrogens with one attached hydrogen (secondary N) is 1. The van der Waals surface area contributed by atoms with Crippen molar-refractivity contribution in [2.45, 2.75) is 12.7 Å². The lowest BCUT2D eigenvalue weighted by Gasteiger charge is -2.37. The van der Waals surface area contributed by atoms with Gasteiger partial charge in [-0.05, 0) is 48.5 Å². The van der Waals surface area contributed by atoms with E-state index >= 15 is 0 Å². The van der Waals surface area contributed by atoms with Crippen molar-refractivity contribution in [2.24, 2.45) is 0 Å². The average molecular weight is 488 g/mol. The van der Waals surface area contributed by atoms with E-state index in [9.17, 15) is 4.79 Å². The number of imidazole rings is 1. The Hall–Kier alpha value is -4.91. The first-order valence-electron chi connectivity index (χ1n) is 12.2. The Labute approximate surface area is 215 Å². The normalized spacial score (nSPS) is 14.6. The summed E-state index contributed by atoms with van der Waals surface area (Å²) in [5.74, 6) is 1.57. The van der Waals surface area contributed by atoms with Gasteiger partial charge in [0.05, 0.1) is 17.8 Å². The molecule has 1 unspecified atom stereocenters. The van der Waals surface area contributed by atoms with Crippen LogP contribution in [0.25, 0.3) is 11.4 Å². The molecule has 1 amide bonds. The monoisotopic (exact) mass is 487 g/mol. The second kappa shape index (κ2) is 9.99. The molecule has 1 aliphatic heterocycles. The van der Waals surface area contributed by atoms with Crippen LogP contribution >= 0.6 is 0 Å². The van der Waals surface area contributed by atoms with Gasteiger partial charge in [0.25, 0.3) is 5.91 Å². The van der Waals surface area contributed by atoms with Crippen molar-refractivity contribution >= 4 is 17.3 Å². The number of rotatable bonds is 7. The standard InChI is InChI=1S/C30H25N5O2/c36-30-25-10-4-5-11-26(25)33-29(27-12-6-7-17-31-27)35(30)23-13-15-24(16-14-23)37-21-20-34-19-18-32-28(34)22-8-2-1-3-9-22/h1-19,29,33H,20-21H2. The minimum atomic E-state index is -0.423. The highest BCUT2D eigenvalue weighted by molar-refractivity contribution is 6.12. The van der Waals surface area contributed by atoms with Gasteiger partial charge in [0, 0.05) is 35.5 Å². The highest BCUT2D eigenvalue weighted by Gasteiger charge is 2.34. The maximum absolute atomic E-state index is 13.6. The van der Waals surface area contributed by atoms with Gasteiger partial charge in [-0.2, -0.15) is 0 Å². The lowest BCUT2D eigenvalue weighted by atomic mass is 10.0. The number of aromatic nitrogens is 3. The van der Waals surface area contributed by atoms with E-state index in [1.165, 1.54) is 0 Å². The summed E-state index contributed by atoms with van der Waals surface area (Å²) in [6, 6.07) is 31.0. The van der Waals surface area contributed by atoms with Crippen LogP contribution < -0.4 is 15.0 Å². The fourth-order valence-corrected chi connectivity index (χ4v) is 4.57. The van der Waals surface area contributed by atoms with Crippen LogP contribution in [-0.4, -0.2) is 27.0 Å². The van der Waals surface area contributed by atoms with Crippen LogP contribution in [0.4, 0.5) is 11.4 Å². The van der Waals surface area contributed by atoms with Crippen LogP contribution in [0.1, 0.15) is 22.2 Å². The molecular formula is C30H25N5O2. The van der Waals surface area contributed by atoms with E-state index in [0.29, 0.717) is 18.7 Å². The Balaban J connectivity index is 1.19. The first kappa shape index (κ1) is 22.5. The van der Waals surface area contributed by atoms with Gasteiger partial charge in [-0.1, -0.05) is 48.5 Å². The molecule has 7 nitrogen and oxygen atoms in total. The summed E-state index contributed by atoms with van der Waals surface area (Å²) in [5, 5.41) is 3.48. The molecule has 7 heteroatoms. The quantitative estimate of drug-likeness (QED) is 0.314. The van der Waals surface area contributed by atoms with E-state index < -0.39 is 6.17 Å². The van der Waals surface area contributed by atoms with Crippen molar-refractivity contribution in [3.05, 3.63) is 127 Å². The van der Waals surface area contributed by atoms with Gasteiger partial charge in [0.15, 0.2) is 6.17 Å². The molecule has 2 aromatic heterocycles. The van der Waals surface area contributed by atoms with Crippen molar-refractivity contribution in [3.8, 4) is 17.1 Å². The number of ether oxygens (including phenoxy) is 1. The summed E-state index contributed by atoms with van der Waals surface area (Å²) in [7, 11) is 0. The average Bonchev–Trinajstić information content (AvgIpc) is 3.43. The first-order chi connectivity index (χ1) is 18.3. The molecule has 0 radical (unpaired) electrons. The van der Waals surface area contributed by atoms with Gasteiger partial charge in [-0.25, -0.2) is 4.98 Å². The predicted octanol–water partition coefficient (Wildman–Crippen LogP) is 5.80. The fourth-order valence-electron chi connectivity index (χ4n) is 4.57. The molecule has 0 saturated carbocycles. The van der Waals surface area contributed by atoms with Gasteiger partial charge in [0.2, 0.25) is 0 Å². The Bertz CT molecular complexity index is 1500. The highest BCUT2D eigenvalue weighted by Crippen LogP contribution is 2.36. The third-order valence-corrected chi connectivity index (χ3v) is 6.36. The zero-order chi connectivity index (χ0) is 25.0. The molecule has 5 aromatic rings. The zero-order valence-corrected chi connectivity index (χ0v) is 20.1. The molecule has 0 aliphatic carbocycles. The minimum Gasteiger partial charge on any atom is -0.492 e. The number of para-hydroxylation sites is 1. The van der Waals surface area contributed by atoms with Crippen LogP contribution in [0.2, 0.25) is 0 Å². The summed E-state index contributed by atoms with van der Waals surface area (Å²) < 4.78 is 8.11.